The Morgan fingerprint density at radius 1 is 1.23 bits per heavy atom. The summed E-state index contributed by atoms with van der Waals surface area (Å²) < 4.78 is 0. The molecular formula is C26H38O4. The highest BCUT2D eigenvalue weighted by Gasteiger charge is 2.63. The lowest BCUT2D eigenvalue weighted by molar-refractivity contribution is -0.135. The average Bonchev–Trinajstić information content (AvgIpc) is 3.05. The molecule has 4 rings (SSSR count). The van der Waals surface area contributed by atoms with Gasteiger partial charge < -0.3 is 10.2 Å². The summed E-state index contributed by atoms with van der Waals surface area (Å²) in [5.74, 6) is 1.33. The first-order chi connectivity index (χ1) is 14.1. The number of rotatable bonds is 4. The zero-order valence-electron chi connectivity index (χ0n) is 18.9. The molecule has 0 aromatic heterocycles. The van der Waals surface area contributed by atoms with Crippen molar-refractivity contribution < 1.29 is 19.8 Å². The van der Waals surface area contributed by atoms with Gasteiger partial charge in [-0.05, 0) is 85.0 Å². The van der Waals surface area contributed by atoms with Crippen LogP contribution in [0.5, 0.6) is 0 Å². The molecule has 166 valence electrons. The molecule has 3 saturated carbocycles. The van der Waals surface area contributed by atoms with Crippen molar-refractivity contribution in [1.82, 2.24) is 0 Å². The van der Waals surface area contributed by atoms with Gasteiger partial charge in [0.15, 0.2) is 5.78 Å². The smallest absolute Gasteiger partial charge is 0.327 e. The standard InChI is InChI=1S/C26H38O4/c1-5-17-21-14-16(27)10-12-26(21,4)20-11-13-25(3)18(15(2)6-9-22(28)29)7-8-19(25)23(20)24(17)30/h6,9,14-15,17-20,23-24,30H,5,7-8,10-13H2,1-4H3,(H,28,29)/b9-6+/t15-,17+,18-,19+,20+,23+,24-,25-,26-/m1/s1. The van der Waals surface area contributed by atoms with Crippen molar-refractivity contribution in [2.75, 3.05) is 0 Å². The van der Waals surface area contributed by atoms with Crippen LogP contribution in [0, 0.1) is 46.3 Å². The van der Waals surface area contributed by atoms with Crippen molar-refractivity contribution in [1.29, 1.82) is 0 Å². The largest absolute Gasteiger partial charge is 0.478 e. The van der Waals surface area contributed by atoms with Crippen molar-refractivity contribution in [2.24, 2.45) is 46.3 Å². The van der Waals surface area contributed by atoms with Crippen LogP contribution in [0.2, 0.25) is 0 Å². The molecule has 0 amide bonds. The van der Waals surface area contributed by atoms with Crippen LogP contribution in [0.4, 0.5) is 0 Å². The number of carboxylic acids is 1. The molecule has 4 heteroatoms. The lowest BCUT2D eigenvalue weighted by Gasteiger charge is -2.61. The molecule has 2 N–H and O–H groups in total. The van der Waals surface area contributed by atoms with Crippen molar-refractivity contribution >= 4 is 11.8 Å². The monoisotopic (exact) mass is 414 g/mol. The third-order valence-electron chi connectivity index (χ3n) is 9.91. The predicted molar refractivity (Wildman–Crippen MR) is 117 cm³/mol. The van der Waals surface area contributed by atoms with E-state index >= 15 is 0 Å². The first-order valence-electron chi connectivity index (χ1n) is 12.0. The van der Waals surface area contributed by atoms with Gasteiger partial charge in [0, 0.05) is 18.4 Å². The minimum absolute atomic E-state index is 0.0345. The van der Waals surface area contributed by atoms with Crippen molar-refractivity contribution in [2.45, 2.75) is 78.7 Å². The Morgan fingerprint density at radius 3 is 2.63 bits per heavy atom. The minimum atomic E-state index is -0.877. The highest BCUT2D eigenvalue weighted by molar-refractivity contribution is 5.91. The van der Waals surface area contributed by atoms with Gasteiger partial charge in [-0.1, -0.05) is 39.3 Å². The quantitative estimate of drug-likeness (QED) is 0.634. The zero-order chi connectivity index (χ0) is 21.8. The molecule has 9 atom stereocenters. The van der Waals surface area contributed by atoms with E-state index in [9.17, 15) is 14.7 Å². The van der Waals surface area contributed by atoms with Crippen LogP contribution >= 0.6 is 0 Å². The number of carboxylic acid groups (broad SMARTS) is 1. The molecule has 0 aromatic rings. The maximum absolute atomic E-state index is 12.2. The Hall–Kier alpha value is -1.42. The highest BCUT2D eigenvalue weighted by Crippen LogP contribution is 2.68. The van der Waals surface area contributed by atoms with E-state index in [1.54, 1.807) is 0 Å². The van der Waals surface area contributed by atoms with Gasteiger partial charge in [0.1, 0.15) is 0 Å². The van der Waals surface area contributed by atoms with Crippen LogP contribution in [0.25, 0.3) is 0 Å². The maximum Gasteiger partial charge on any atom is 0.327 e. The average molecular weight is 415 g/mol. The van der Waals surface area contributed by atoms with Crippen LogP contribution in [0.3, 0.4) is 0 Å². The van der Waals surface area contributed by atoms with Gasteiger partial charge in [0.25, 0.3) is 0 Å². The fourth-order valence-electron chi connectivity index (χ4n) is 8.47. The van der Waals surface area contributed by atoms with Gasteiger partial charge in [-0.15, -0.1) is 0 Å². The Kier molecular flexibility index (Phi) is 5.53. The van der Waals surface area contributed by atoms with Crippen LogP contribution in [0.1, 0.15) is 72.6 Å². The minimum Gasteiger partial charge on any atom is -0.478 e. The summed E-state index contributed by atoms with van der Waals surface area (Å²) in [6.45, 7) is 9.07. The summed E-state index contributed by atoms with van der Waals surface area (Å²) in [6, 6.07) is 0. The molecular weight excluding hydrogens is 376 g/mol. The maximum atomic E-state index is 12.2. The number of hydrogen-bond donors (Lipinski definition) is 2. The van der Waals surface area contributed by atoms with Crippen LogP contribution in [-0.2, 0) is 9.59 Å². The van der Waals surface area contributed by atoms with Crippen molar-refractivity contribution in [3.63, 3.8) is 0 Å². The second kappa shape index (κ2) is 7.62. The van der Waals surface area contributed by atoms with Crippen LogP contribution in [0.15, 0.2) is 23.8 Å². The molecule has 0 aromatic carbocycles. The van der Waals surface area contributed by atoms with E-state index in [1.807, 2.05) is 12.2 Å². The molecule has 0 heterocycles. The lowest BCUT2D eigenvalue weighted by atomic mass is 9.43. The Bertz CT molecular complexity index is 782. The Morgan fingerprint density at radius 2 is 1.97 bits per heavy atom. The third kappa shape index (κ3) is 3.13. The first-order valence-corrected chi connectivity index (χ1v) is 12.0. The summed E-state index contributed by atoms with van der Waals surface area (Å²) in [4.78, 5) is 23.3. The van der Waals surface area contributed by atoms with Crippen molar-refractivity contribution in [3.05, 3.63) is 23.8 Å². The molecule has 0 saturated heterocycles. The molecule has 4 nitrogen and oxygen atoms in total. The number of aliphatic carboxylic acids is 1. The number of aliphatic hydroxyl groups excluding tert-OH is 1. The fraction of sp³-hybridized carbons (Fsp3) is 0.769. The third-order valence-corrected chi connectivity index (χ3v) is 9.91. The Balaban J connectivity index is 1.68. The number of fused-ring (bicyclic) bond motifs is 5. The fourth-order valence-corrected chi connectivity index (χ4v) is 8.47. The highest BCUT2D eigenvalue weighted by atomic mass is 16.4. The van der Waals surface area contributed by atoms with Gasteiger partial charge in [-0.2, -0.15) is 0 Å². The summed E-state index contributed by atoms with van der Waals surface area (Å²) in [5.41, 5.74) is 1.41. The number of aliphatic hydroxyl groups is 1. The van der Waals surface area contributed by atoms with E-state index in [0.29, 0.717) is 24.2 Å². The number of carbonyl (C=O) groups excluding carboxylic acids is 1. The SMILES string of the molecule is CC[C@H]1C2=CC(=O)CC[C@]2(C)[C@H]2CC[C@]3(C)[C@@H]([C@H](C)/C=C/C(=O)O)CC[C@H]3[C@@H]2[C@@H]1O. The second-order valence-electron chi connectivity index (χ2n) is 11.1. The number of hydrogen-bond acceptors (Lipinski definition) is 3. The lowest BCUT2D eigenvalue weighted by Crippen LogP contribution is -2.58. The van der Waals surface area contributed by atoms with Gasteiger partial charge in [-0.3, -0.25) is 4.79 Å². The van der Waals surface area contributed by atoms with E-state index in [4.69, 9.17) is 5.11 Å². The molecule has 0 aliphatic heterocycles. The number of carbonyl (C=O) groups is 2. The molecule has 30 heavy (non-hydrogen) atoms. The summed E-state index contributed by atoms with van der Waals surface area (Å²) in [7, 11) is 0. The van der Waals surface area contributed by atoms with E-state index in [0.717, 1.165) is 38.5 Å². The summed E-state index contributed by atoms with van der Waals surface area (Å²) in [5, 5.41) is 20.7. The van der Waals surface area contributed by atoms with E-state index in [-0.39, 0.29) is 40.5 Å². The van der Waals surface area contributed by atoms with Gasteiger partial charge >= 0.3 is 5.97 Å². The molecule has 4 aliphatic rings. The second-order valence-corrected chi connectivity index (χ2v) is 11.1. The Labute approximate surface area is 180 Å². The van der Waals surface area contributed by atoms with Crippen LogP contribution in [-0.4, -0.2) is 28.1 Å². The van der Waals surface area contributed by atoms with E-state index in [2.05, 4.69) is 27.7 Å². The first kappa shape index (κ1) is 21.8. The number of allylic oxidation sites excluding steroid dienone is 1. The van der Waals surface area contributed by atoms with Gasteiger partial charge in [-0.25, -0.2) is 4.79 Å². The molecule has 0 bridgehead atoms. The van der Waals surface area contributed by atoms with E-state index < -0.39 is 5.97 Å². The molecule has 0 unspecified atom stereocenters. The van der Waals surface area contributed by atoms with Crippen molar-refractivity contribution in [3.8, 4) is 0 Å². The molecule has 0 spiro atoms. The van der Waals surface area contributed by atoms with E-state index in [1.165, 1.54) is 11.6 Å². The summed E-state index contributed by atoms with van der Waals surface area (Å²) in [6.07, 6.45) is 11.6. The number of ketones is 1. The zero-order valence-corrected chi connectivity index (χ0v) is 18.9. The molecule has 3 fully saturated rings. The van der Waals surface area contributed by atoms with Crippen LogP contribution < -0.4 is 0 Å². The molecule has 4 aliphatic carbocycles. The topological polar surface area (TPSA) is 74.6 Å². The predicted octanol–water partition coefficient (Wildman–Crippen LogP) is 5.02. The normalized spacial score (nSPS) is 46.7. The summed E-state index contributed by atoms with van der Waals surface area (Å²) >= 11 is 0. The molecule has 0 radical (unpaired) electrons. The van der Waals surface area contributed by atoms with Gasteiger partial charge in [0.05, 0.1) is 6.10 Å². The van der Waals surface area contributed by atoms with Gasteiger partial charge in [0.2, 0.25) is 0 Å².